The van der Waals surface area contributed by atoms with Crippen molar-refractivity contribution in [1.29, 1.82) is 0 Å². The fourth-order valence-corrected chi connectivity index (χ4v) is 3.03. The van der Waals surface area contributed by atoms with Gasteiger partial charge in [0, 0.05) is 18.5 Å². The highest BCUT2D eigenvalue weighted by Crippen LogP contribution is 2.23. The Balaban J connectivity index is 1.82. The van der Waals surface area contributed by atoms with Gasteiger partial charge in [-0.25, -0.2) is 0 Å². The van der Waals surface area contributed by atoms with Crippen LogP contribution in [0.5, 0.6) is 0 Å². The zero-order valence-electron chi connectivity index (χ0n) is 11.0. The van der Waals surface area contributed by atoms with E-state index in [1.165, 1.54) is 32.1 Å². The molecule has 17 heavy (non-hydrogen) atoms. The second-order valence-corrected chi connectivity index (χ2v) is 5.77. The third kappa shape index (κ3) is 3.70. The van der Waals surface area contributed by atoms with Gasteiger partial charge in [0.05, 0.1) is 0 Å². The van der Waals surface area contributed by atoms with Crippen LogP contribution in [0.3, 0.4) is 0 Å². The number of carbonyl (C=O) groups is 1. The molecule has 1 aliphatic carbocycles. The predicted molar refractivity (Wildman–Crippen MR) is 69.8 cm³/mol. The van der Waals surface area contributed by atoms with Gasteiger partial charge in [-0.05, 0) is 31.7 Å². The number of hydrogen-bond donors (Lipinski definition) is 2. The van der Waals surface area contributed by atoms with Crippen LogP contribution < -0.4 is 10.6 Å². The molecule has 0 aromatic carbocycles. The van der Waals surface area contributed by atoms with Gasteiger partial charge < -0.3 is 10.6 Å². The molecule has 2 N–H and O–H groups in total. The molecule has 0 spiro atoms. The van der Waals surface area contributed by atoms with E-state index in [-0.39, 0.29) is 5.92 Å². The molecule has 98 valence electrons. The Morgan fingerprint density at radius 2 is 1.82 bits per heavy atom. The zero-order valence-corrected chi connectivity index (χ0v) is 11.0. The fraction of sp³-hybridized carbons (Fsp3) is 0.929. The highest BCUT2D eigenvalue weighted by molar-refractivity contribution is 5.79. The lowest BCUT2D eigenvalue weighted by Crippen LogP contribution is -2.51. The monoisotopic (exact) mass is 238 g/mol. The molecule has 0 radical (unpaired) electrons. The van der Waals surface area contributed by atoms with Crippen molar-refractivity contribution in [3.8, 4) is 0 Å². The smallest absolute Gasteiger partial charge is 0.223 e. The average Bonchev–Trinajstić information content (AvgIpc) is 2.61. The van der Waals surface area contributed by atoms with E-state index in [2.05, 4.69) is 17.6 Å². The molecule has 3 heteroatoms. The van der Waals surface area contributed by atoms with Gasteiger partial charge in [0.2, 0.25) is 5.91 Å². The summed E-state index contributed by atoms with van der Waals surface area (Å²) in [6.07, 6.45) is 8.46. The molecule has 1 aliphatic heterocycles. The van der Waals surface area contributed by atoms with Gasteiger partial charge in [-0.1, -0.05) is 32.6 Å². The average molecular weight is 238 g/mol. The van der Waals surface area contributed by atoms with Crippen LogP contribution in [-0.2, 0) is 4.79 Å². The Labute approximate surface area is 105 Å². The molecule has 2 aliphatic rings. The number of piperidine rings is 1. The van der Waals surface area contributed by atoms with E-state index in [0.29, 0.717) is 17.9 Å². The van der Waals surface area contributed by atoms with E-state index < -0.39 is 0 Å². The maximum Gasteiger partial charge on any atom is 0.223 e. The Morgan fingerprint density at radius 1 is 1.12 bits per heavy atom. The van der Waals surface area contributed by atoms with Gasteiger partial charge >= 0.3 is 0 Å². The van der Waals surface area contributed by atoms with Gasteiger partial charge in [0.15, 0.2) is 0 Å². The molecule has 1 saturated carbocycles. The van der Waals surface area contributed by atoms with Crippen LogP contribution >= 0.6 is 0 Å². The Morgan fingerprint density at radius 3 is 2.47 bits per heavy atom. The lowest BCUT2D eigenvalue weighted by atomic mass is 9.93. The summed E-state index contributed by atoms with van der Waals surface area (Å²) < 4.78 is 0. The first-order valence-electron chi connectivity index (χ1n) is 7.28. The number of hydrogen-bond acceptors (Lipinski definition) is 2. The van der Waals surface area contributed by atoms with Gasteiger partial charge in [0.1, 0.15) is 0 Å². The second-order valence-electron chi connectivity index (χ2n) is 5.77. The maximum absolute atomic E-state index is 12.2. The summed E-state index contributed by atoms with van der Waals surface area (Å²) in [6.45, 7) is 4.29. The van der Waals surface area contributed by atoms with Crippen molar-refractivity contribution in [2.24, 2.45) is 11.8 Å². The van der Waals surface area contributed by atoms with E-state index in [9.17, 15) is 4.79 Å². The molecule has 0 aromatic heterocycles. The lowest BCUT2D eigenvalue weighted by Gasteiger charge is -2.31. The molecule has 0 aromatic rings. The largest absolute Gasteiger partial charge is 0.352 e. The summed E-state index contributed by atoms with van der Waals surface area (Å²) in [7, 11) is 0. The summed E-state index contributed by atoms with van der Waals surface area (Å²) in [5.41, 5.74) is 0. The molecule has 1 saturated heterocycles. The number of rotatable bonds is 2. The summed E-state index contributed by atoms with van der Waals surface area (Å²) in [6, 6.07) is 0.347. The Hall–Kier alpha value is -0.570. The molecule has 1 heterocycles. The van der Waals surface area contributed by atoms with E-state index in [1.54, 1.807) is 0 Å². The fourth-order valence-electron chi connectivity index (χ4n) is 3.03. The van der Waals surface area contributed by atoms with Crippen LogP contribution in [0.15, 0.2) is 0 Å². The van der Waals surface area contributed by atoms with Gasteiger partial charge in [-0.2, -0.15) is 0 Å². The zero-order chi connectivity index (χ0) is 12.1. The van der Waals surface area contributed by atoms with E-state index in [4.69, 9.17) is 0 Å². The molecule has 0 bridgehead atoms. The van der Waals surface area contributed by atoms with Crippen molar-refractivity contribution in [2.75, 3.05) is 13.1 Å². The SMILES string of the molecule is CC1CCNCC1NC(=O)C1CCCCCC1. The van der Waals surface area contributed by atoms with Crippen molar-refractivity contribution in [3.05, 3.63) is 0 Å². The molecular formula is C14H26N2O. The van der Waals surface area contributed by atoms with Crippen molar-refractivity contribution < 1.29 is 4.79 Å². The van der Waals surface area contributed by atoms with E-state index in [1.807, 2.05) is 0 Å². The Kier molecular flexibility index (Phi) is 4.84. The summed E-state index contributed by atoms with van der Waals surface area (Å²) >= 11 is 0. The number of amides is 1. The van der Waals surface area contributed by atoms with Gasteiger partial charge in [0.25, 0.3) is 0 Å². The molecule has 2 rings (SSSR count). The highest BCUT2D eigenvalue weighted by Gasteiger charge is 2.26. The molecule has 2 atom stereocenters. The summed E-state index contributed by atoms with van der Waals surface area (Å²) in [4.78, 5) is 12.2. The van der Waals surface area contributed by atoms with Crippen molar-refractivity contribution in [1.82, 2.24) is 10.6 Å². The normalized spacial score (nSPS) is 31.8. The van der Waals surface area contributed by atoms with Crippen LogP contribution in [0.25, 0.3) is 0 Å². The first-order valence-corrected chi connectivity index (χ1v) is 7.28. The quantitative estimate of drug-likeness (QED) is 0.723. The molecule has 2 fully saturated rings. The lowest BCUT2D eigenvalue weighted by molar-refractivity contribution is -0.126. The van der Waals surface area contributed by atoms with Crippen molar-refractivity contribution in [2.45, 2.75) is 57.9 Å². The highest BCUT2D eigenvalue weighted by atomic mass is 16.1. The van der Waals surface area contributed by atoms with E-state index >= 15 is 0 Å². The first-order chi connectivity index (χ1) is 8.27. The van der Waals surface area contributed by atoms with Crippen LogP contribution in [0.4, 0.5) is 0 Å². The maximum atomic E-state index is 12.2. The summed E-state index contributed by atoms with van der Waals surface area (Å²) in [5.74, 6) is 1.21. The molecular weight excluding hydrogens is 212 g/mol. The minimum Gasteiger partial charge on any atom is -0.352 e. The second kappa shape index (κ2) is 6.39. The third-order valence-corrected chi connectivity index (χ3v) is 4.38. The minimum absolute atomic E-state index is 0.284. The standard InChI is InChI=1S/C14H26N2O/c1-11-8-9-15-10-13(11)16-14(17)12-6-4-2-3-5-7-12/h11-13,15H,2-10H2,1H3,(H,16,17). The third-order valence-electron chi connectivity index (χ3n) is 4.38. The van der Waals surface area contributed by atoms with Crippen LogP contribution in [0.1, 0.15) is 51.9 Å². The van der Waals surface area contributed by atoms with Gasteiger partial charge in [-0.3, -0.25) is 4.79 Å². The van der Waals surface area contributed by atoms with Crippen LogP contribution in [0, 0.1) is 11.8 Å². The van der Waals surface area contributed by atoms with Crippen LogP contribution in [0.2, 0.25) is 0 Å². The Bertz CT molecular complexity index is 247. The minimum atomic E-state index is 0.284. The molecule has 1 amide bonds. The summed E-state index contributed by atoms with van der Waals surface area (Å²) in [5, 5.41) is 6.64. The van der Waals surface area contributed by atoms with Crippen LogP contribution in [-0.4, -0.2) is 25.0 Å². The number of nitrogens with one attached hydrogen (secondary N) is 2. The van der Waals surface area contributed by atoms with Gasteiger partial charge in [-0.15, -0.1) is 0 Å². The van der Waals surface area contributed by atoms with Crippen molar-refractivity contribution in [3.63, 3.8) is 0 Å². The predicted octanol–water partition coefficient (Wildman–Crippen LogP) is 2.07. The molecule has 3 nitrogen and oxygen atoms in total. The van der Waals surface area contributed by atoms with E-state index in [0.717, 1.165) is 25.9 Å². The van der Waals surface area contributed by atoms with Crippen molar-refractivity contribution >= 4 is 5.91 Å². The number of carbonyl (C=O) groups excluding carboxylic acids is 1. The molecule has 2 unspecified atom stereocenters. The topological polar surface area (TPSA) is 41.1 Å². The first kappa shape index (κ1) is 12.9.